The van der Waals surface area contributed by atoms with Gasteiger partial charge in [-0.2, -0.15) is 0 Å². The summed E-state index contributed by atoms with van der Waals surface area (Å²) in [4.78, 5) is 24.5. The number of rotatable bonds is 11. The zero-order chi connectivity index (χ0) is 21.1. The maximum atomic E-state index is 12.5. The maximum absolute atomic E-state index is 12.5. The molecule has 162 valence electrons. The van der Waals surface area contributed by atoms with Crippen LogP contribution in [-0.2, 0) is 9.53 Å². The van der Waals surface area contributed by atoms with E-state index in [0.29, 0.717) is 49.5 Å². The Balaban J connectivity index is 1.98. The van der Waals surface area contributed by atoms with Crippen molar-refractivity contribution in [1.29, 1.82) is 0 Å². The van der Waals surface area contributed by atoms with Gasteiger partial charge >= 0.3 is 5.97 Å². The van der Waals surface area contributed by atoms with E-state index in [9.17, 15) is 9.59 Å². The molecule has 0 unspecified atom stereocenters. The minimum absolute atomic E-state index is 0.250. The van der Waals surface area contributed by atoms with Gasteiger partial charge in [0.1, 0.15) is 0 Å². The lowest BCUT2D eigenvalue weighted by molar-refractivity contribution is -0.124. The highest BCUT2D eigenvalue weighted by Gasteiger charge is 2.20. The second kappa shape index (κ2) is 12.2. The topological polar surface area (TPSA) is 83.1 Å². The molecule has 1 N–H and O–H groups in total. The minimum atomic E-state index is -0.609. The Kier molecular flexibility index (Phi) is 9.60. The number of amides is 1. The fraction of sp³-hybridized carbons (Fsp3) is 0.636. The van der Waals surface area contributed by atoms with Crippen molar-refractivity contribution in [3.63, 3.8) is 0 Å². The summed E-state index contributed by atoms with van der Waals surface area (Å²) < 4.78 is 22.0. The number of ether oxygens (including phenoxy) is 4. The van der Waals surface area contributed by atoms with E-state index in [4.69, 9.17) is 18.9 Å². The summed E-state index contributed by atoms with van der Waals surface area (Å²) in [5, 5.41) is 2.86. The van der Waals surface area contributed by atoms with Crippen molar-refractivity contribution in [2.24, 2.45) is 5.92 Å². The van der Waals surface area contributed by atoms with Crippen LogP contribution < -0.4 is 19.5 Å². The third-order valence-electron chi connectivity index (χ3n) is 4.79. The molecule has 0 saturated heterocycles. The second-order valence-electron chi connectivity index (χ2n) is 6.98. The average molecular weight is 408 g/mol. The van der Waals surface area contributed by atoms with E-state index >= 15 is 0 Å². The summed E-state index contributed by atoms with van der Waals surface area (Å²) in [6, 6.07) is 3.11. The van der Waals surface area contributed by atoms with Gasteiger partial charge in [-0.05, 0) is 51.7 Å². The molecule has 1 aliphatic rings. The predicted octanol–water partition coefficient (Wildman–Crippen LogP) is 3.74. The minimum Gasteiger partial charge on any atom is -0.490 e. The smallest absolute Gasteiger partial charge is 0.338 e. The number of hydrogen-bond acceptors (Lipinski definition) is 6. The summed E-state index contributed by atoms with van der Waals surface area (Å²) >= 11 is 0. The molecule has 0 radical (unpaired) electrons. The molecule has 0 aliphatic heterocycles. The standard InChI is InChI=1S/C22H33NO6/c1-4-26-18-12-17(13-19(27-5-2)21(18)28-6-3)22(25)29-15-20(24)23-14-16-10-8-7-9-11-16/h12-13,16H,4-11,14-15H2,1-3H3,(H,23,24). The van der Waals surface area contributed by atoms with Crippen LogP contribution in [0.3, 0.4) is 0 Å². The number of esters is 1. The lowest BCUT2D eigenvalue weighted by Crippen LogP contribution is -2.33. The van der Waals surface area contributed by atoms with Crippen LogP contribution in [0.25, 0.3) is 0 Å². The van der Waals surface area contributed by atoms with Gasteiger partial charge in [0.15, 0.2) is 18.1 Å². The zero-order valence-corrected chi connectivity index (χ0v) is 17.8. The molecule has 1 aliphatic carbocycles. The fourth-order valence-corrected chi connectivity index (χ4v) is 3.42. The number of carbonyl (C=O) groups excluding carboxylic acids is 2. The van der Waals surface area contributed by atoms with Gasteiger partial charge in [-0.25, -0.2) is 4.79 Å². The third kappa shape index (κ3) is 7.15. The molecule has 0 aromatic heterocycles. The largest absolute Gasteiger partial charge is 0.490 e. The van der Waals surface area contributed by atoms with Crippen molar-refractivity contribution >= 4 is 11.9 Å². The summed E-state index contributed by atoms with van der Waals surface area (Å²) in [7, 11) is 0. The SMILES string of the molecule is CCOc1cc(C(=O)OCC(=O)NCC2CCCCC2)cc(OCC)c1OCC. The molecule has 1 amide bonds. The Morgan fingerprint density at radius 2 is 1.52 bits per heavy atom. The van der Waals surface area contributed by atoms with E-state index in [2.05, 4.69) is 5.32 Å². The Hall–Kier alpha value is -2.44. The second-order valence-corrected chi connectivity index (χ2v) is 6.98. The van der Waals surface area contributed by atoms with Crippen molar-refractivity contribution in [2.75, 3.05) is 33.0 Å². The fourth-order valence-electron chi connectivity index (χ4n) is 3.42. The Labute approximate surface area is 173 Å². The molecule has 0 spiro atoms. The third-order valence-corrected chi connectivity index (χ3v) is 4.79. The maximum Gasteiger partial charge on any atom is 0.338 e. The van der Waals surface area contributed by atoms with Crippen LogP contribution in [0.5, 0.6) is 17.2 Å². The predicted molar refractivity (Wildman–Crippen MR) is 110 cm³/mol. The first-order chi connectivity index (χ1) is 14.1. The molecule has 2 rings (SSSR count). The van der Waals surface area contributed by atoms with Gasteiger partial charge in [-0.15, -0.1) is 0 Å². The number of carbonyl (C=O) groups is 2. The van der Waals surface area contributed by atoms with E-state index in [-0.39, 0.29) is 18.1 Å². The molecule has 1 aromatic rings. The molecule has 0 atom stereocenters. The van der Waals surface area contributed by atoms with Gasteiger partial charge in [-0.1, -0.05) is 19.3 Å². The summed E-state index contributed by atoms with van der Waals surface area (Å²) in [5.41, 5.74) is 0.250. The van der Waals surface area contributed by atoms with Crippen LogP contribution in [0.15, 0.2) is 12.1 Å². The van der Waals surface area contributed by atoms with Crippen LogP contribution in [0.2, 0.25) is 0 Å². The molecular weight excluding hydrogens is 374 g/mol. The summed E-state index contributed by atoms with van der Waals surface area (Å²) in [6.45, 7) is 7.14. The molecule has 0 heterocycles. The van der Waals surface area contributed by atoms with Crippen LogP contribution in [-0.4, -0.2) is 44.8 Å². The van der Waals surface area contributed by atoms with Gasteiger partial charge in [-0.3, -0.25) is 4.79 Å². The highest BCUT2D eigenvalue weighted by Crippen LogP contribution is 2.39. The van der Waals surface area contributed by atoms with E-state index in [1.54, 1.807) is 12.1 Å². The molecule has 1 aromatic carbocycles. The number of benzene rings is 1. The van der Waals surface area contributed by atoms with Gasteiger partial charge in [0.2, 0.25) is 5.75 Å². The molecule has 7 heteroatoms. The first kappa shape index (κ1) is 22.8. The Morgan fingerprint density at radius 3 is 2.07 bits per heavy atom. The van der Waals surface area contributed by atoms with Crippen LogP contribution >= 0.6 is 0 Å². The number of nitrogens with one attached hydrogen (secondary N) is 1. The zero-order valence-electron chi connectivity index (χ0n) is 17.8. The molecule has 29 heavy (non-hydrogen) atoms. The molecule has 0 bridgehead atoms. The Morgan fingerprint density at radius 1 is 0.931 bits per heavy atom. The van der Waals surface area contributed by atoms with Crippen molar-refractivity contribution in [1.82, 2.24) is 5.32 Å². The normalized spacial score (nSPS) is 14.2. The Bertz CT molecular complexity index is 642. The van der Waals surface area contributed by atoms with Crippen LogP contribution in [0.4, 0.5) is 0 Å². The van der Waals surface area contributed by atoms with Gasteiger partial charge < -0.3 is 24.3 Å². The first-order valence-corrected chi connectivity index (χ1v) is 10.6. The molecule has 1 fully saturated rings. The van der Waals surface area contributed by atoms with E-state index in [1.165, 1.54) is 19.3 Å². The van der Waals surface area contributed by atoms with E-state index < -0.39 is 5.97 Å². The van der Waals surface area contributed by atoms with E-state index in [0.717, 1.165) is 12.8 Å². The monoisotopic (exact) mass is 407 g/mol. The van der Waals surface area contributed by atoms with Crippen LogP contribution in [0.1, 0.15) is 63.2 Å². The van der Waals surface area contributed by atoms with Gasteiger partial charge in [0, 0.05) is 6.54 Å². The van der Waals surface area contributed by atoms with Crippen molar-refractivity contribution in [3.05, 3.63) is 17.7 Å². The molecule has 1 saturated carbocycles. The van der Waals surface area contributed by atoms with Gasteiger partial charge in [0.25, 0.3) is 5.91 Å². The molecule has 7 nitrogen and oxygen atoms in total. The molecular formula is C22H33NO6. The van der Waals surface area contributed by atoms with Gasteiger partial charge in [0.05, 0.1) is 25.4 Å². The lowest BCUT2D eigenvalue weighted by Gasteiger charge is -2.21. The van der Waals surface area contributed by atoms with Crippen LogP contribution in [0, 0.1) is 5.92 Å². The highest BCUT2D eigenvalue weighted by atomic mass is 16.5. The highest BCUT2D eigenvalue weighted by molar-refractivity contribution is 5.92. The quantitative estimate of drug-likeness (QED) is 0.563. The lowest BCUT2D eigenvalue weighted by atomic mass is 9.89. The van der Waals surface area contributed by atoms with E-state index in [1.807, 2.05) is 20.8 Å². The van der Waals surface area contributed by atoms with Crippen molar-refractivity contribution < 1.29 is 28.5 Å². The first-order valence-electron chi connectivity index (χ1n) is 10.6. The van der Waals surface area contributed by atoms with Crippen molar-refractivity contribution in [3.8, 4) is 17.2 Å². The number of hydrogen-bond donors (Lipinski definition) is 1. The average Bonchev–Trinajstić information content (AvgIpc) is 2.73. The van der Waals surface area contributed by atoms with Crippen molar-refractivity contribution in [2.45, 2.75) is 52.9 Å². The summed E-state index contributed by atoms with van der Waals surface area (Å²) in [5.74, 6) is 0.908. The summed E-state index contributed by atoms with van der Waals surface area (Å²) in [6.07, 6.45) is 6.01.